The molecular weight excluding hydrogens is 350 g/mol. The van der Waals surface area contributed by atoms with E-state index in [1.807, 2.05) is 30.1 Å². The number of benzene rings is 2. The summed E-state index contributed by atoms with van der Waals surface area (Å²) in [5.74, 6) is 1.19. The molecular formula is C22H23N5O. The highest BCUT2D eigenvalue weighted by Crippen LogP contribution is 2.23. The van der Waals surface area contributed by atoms with Crippen LogP contribution in [0.2, 0.25) is 0 Å². The van der Waals surface area contributed by atoms with Gasteiger partial charge in [-0.15, -0.1) is 0 Å². The highest BCUT2D eigenvalue weighted by molar-refractivity contribution is 5.67. The molecule has 0 saturated carbocycles. The molecule has 6 heteroatoms. The van der Waals surface area contributed by atoms with Crippen LogP contribution in [0.25, 0.3) is 22.5 Å². The number of nitrogens with one attached hydrogen (secondary N) is 1. The molecule has 2 aromatic heterocycles. The summed E-state index contributed by atoms with van der Waals surface area (Å²) in [6.45, 7) is 5.52. The molecule has 142 valence electrons. The van der Waals surface area contributed by atoms with Crippen molar-refractivity contribution >= 4 is 0 Å². The third kappa shape index (κ3) is 3.87. The number of aromatic nitrogens is 4. The normalized spacial score (nSPS) is 11.1. The third-order valence-corrected chi connectivity index (χ3v) is 4.94. The Bertz CT molecular complexity index is 1060. The maximum atomic E-state index is 5.04. The van der Waals surface area contributed by atoms with Crippen LogP contribution in [-0.2, 0) is 20.1 Å². The van der Waals surface area contributed by atoms with Crippen LogP contribution in [0, 0.1) is 13.8 Å². The van der Waals surface area contributed by atoms with Crippen molar-refractivity contribution in [2.45, 2.75) is 26.9 Å². The van der Waals surface area contributed by atoms with Crippen molar-refractivity contribution in [2.75, 3.05) is 0 Å². The van der Waals surface area contributed by atoms with Crippen molar-refractivity contribution in [3.8, 4) is 22.5 Å². The summed E-state index contributed by atoms with van der Waals surface area (Å²) in [4.78, 5) is 4.26. The molecule has 0 bridgehead atoms. The van der Waals surface area contributed by atoms with Crippen molar-refractivity contribution in [1.82, 2.24) is 25.2 Å². The predicted octanol–water partition coefficient (Wildman–Crippen LogP) is 4.04. The molecule has 0 spiro atoms. The van der Waals surface area contributed by atoms with E-state index < -0.39 is 0 Å². The first-order chi connectivity index (χ1) is 13.6. The standard InChI is InChI=1S/C22H23N5O/c1-15-21(14-24-27(15)3)13-23-12-17-4-6-18(7-5-17)19-8-10-20(11-9-19)22-25-16(2)28-26-22/h4-11,14,23H,12-13H2,1-3H3. The average molecular weight is 373 g/mol. The van der Waals surface area contributed by atoms with Crippen molar-refractivity contribution < 1.29 is 4.52 Å². The van der Waals surface area contributed by atoms with Crippen LogP contribution in [0.5, 0.6) is 0 Å². The zero-order chi connectivity index (χ0) is 19.5. The number of nitrogens with zero attached hydrogens (tertiary/aromatic N) is 4. The molecule has 6 nitrogen and oxygen atoms in total. The van der Waals surface area contributed by atoms with Gasteiger partial charge in [0.1, 0.15) is 0 Å². The number of hydrogen-bond acceptors (Lipinski definition) is 5. The van der Waals surface area contributed by atoms with Gasteiger partial charge < -0.3 is 9.84 Å². The number of aryl methyl sites for hydroxylation is 2. The van der Waals surface area contributed by atoms with Crippen LogP contribution in [-0.4, -0.2) is 19.9 Å². The molecule has 4 aromatic rings. The summed E-state index contributed by atoms with van der Waals surface area (Å²) in [6, 6.07) is 16.8. The Labute approximate surface area is 164 Å². The van der Waals surface area contributed by atoms with Crippen LogP contribution >= 0.6 is 0 Å². The summed E-state index contributed by atoms with van der Waals surface area (Å²) < 4.78 is 6.94. The summed E-state index contributed by atoms with van der Waals surface area (Å²) in [6.07, 6.45) is 1.92. The Hall–Kier alpha value is -3.25. The molecule has 0 atom stereocenters. The molecule has 1 N–H and O–H groups in total. The first-order valence-electron chi connectivity index (χ1n) is 9.28. The summed E-state index contributed by atoms with van der Waals surface area (Å²) in [5.41, 5.74) is 6.98. The minimum Gasteiger partial charge on any atom is -0.339 e. The Kier molecular flexibility index (Phi) is 5.04. The van der Waals surface area contributed by atoms with Crippen LogP contribution in [0.3, 0.4) is 0 Å². The van der Waals surface area contributed by atoms with Gasteiger partial charge in [-0.05, 0) is 23.6 Å². The second-order valence-electron chi connectivity index (χ2n) is 6.89. The van der Waals surface area contributed by atoms with E-state index in [1.54, 1.807) is 6.92 Å². The fourth-order valence-corrected chi connectivity index (χ4v) is 3.10. The van der Waals surface area contributed by atoms with E-state index in [0.717, 1.165) is 24.2 Å². The average Bonchev–Trinajstić information content (AvgIpc) is 3.29. The summed E-state index contributed by atoms with van der Waals surface area (Å²) in [7, 11) is 1.97. The Morgan fingerprint density at radius 3 is 2.11 bits per heavy atom. The van der Waals surface area contributed by atoms with Gasteiger partial charge >= 0.3 is 0 Å². The van der Waals surface area contributed by atoms with Gasteiger partial charge in [-0.1, -0.05) is 53.7 Å². The van der Waals surface area contributed by atoms with Crippen molar-refractivity contribution in [1.29, 1.82) is 0 Å². The zero-order valence-corrected chi connectivity index (χ0v) is 16.3. The van der Waals surface area contributed by atoms with Crippen LogP contribution in [0.15, 0.2) is 59.3 Å². The Balaban J connectivity index is 1.38. The van der Waals surface area contributed by atoms with Gasteiger partial charge in [0.25, 0.3) is 0 Å². The lowest BCUT2D eigenvalue weighted by molar-refractivity contribution is 0.394. The smallest absolute Gasteiger partial charge is 0.223 e. The predicted molar refractivity (Wildman–Crippen MR) is 108 cm³/mol. The molecule has 0 radical (unpaired) electrons. The third-order valence-electron chi connectivity index (χ3n) is 4.94. The van der Waals surface area contributed by atoms with Gasteiger partial charge in [0.15, 0.2) is 0 Å². The van der Waals surface area contributed by atoms with E-state index >= 15 is 0 Å². The van der Waals surface area contributed by atoms with Gasteiger partial charge in [0, 0.05) is 43.9 Å². The molecule has 4 rings (SSSR count). The first-order valence-corrected chi connectivity index (χ1v) is 9.28. The van der Waals surface area contributed by atoms with Gasteiger partial charge in [-0.25, -0.2) is 0 Å². The molecule has 0 amide bonds. The van der Waals surface area contributed by atoms with E-state index in [-0.39, 0.29) is 0 Å². The molecule has 2 aromatic carbocycles. The van der Waals surface area contributed by atoms with E-state index in [9.17, 15) is 0 Å². The van der Waals surface area contributed by atoms with Crippen molar-refractivity contribution in [3.63, 3.8) is 0 Å². The lowest BCUT2D eigenvalue weighted by atomic mass is 10.0. The largest absolute Gasteiger partial charge is 0.339 e. The fourth-order valence-electron chi connectivity index (χ4n) is 3.10. The Morgan fingerprint density at radius 2 is 1.54 bits per heavy atom. The van der Waals surface area contributed by atoms with E-state index in [4.69, 9.17) is 4.52 Å². The first kappa shape index (κ1) is 18.1. The summed E-state index contributed by atoms with van der Waals surface area (Å²) >= 11 is 0. The maximum absolute atomic E-state index is 5.04. The van der Waals surface area contributed by atoms with Gasteiger partial charge in [-0.3, -0.25) is 4.68 Å². The quantitative estimate of drug-likeness (QED) is 0.552. The second kappa shape index (κ2) is 7.78. The molecule has 0 saturated heterocycles. The zero-order valence-electron chi connectivity index (χ0n) is 16.3. The molecule has 0 aliphatic heterocycles. The van der Waals surface area contributed by atoms with Gasteiger partial charge in [0.2, 0.25) is 11.7 Å². The van der Waals surface area contributed by atoms with E-state index in [0.29, 0.717) is 11.7 Å². The van der Waals surface area contributed by atoms with Crippen LogP contribution < -0.4 is 5.32 Å². The lowest BCUT2D eigenvalue weighted by Gasteiger charge is -2.07. The molecule has 0 fully saturated rings. The minimum absolute atomic E-state index is 0.571. The monoisotopic (exact) mass is 373 g/mol. The molecule has 0 aliphatic rings. The number of hydrogen-bond donors (Lipinski definition) is 1. The second-order valence-corrected chi connectivity index (χ2v) is 6.89. The molecule has 28 heavy (non-hydrogen) atoms. The van der Waals surface area contributed by atoms with E-state index in [1.165, 1.54) is 22.4 Å². The van der Waals surface area contributed by atoms with Crippen LogP contribution in [0.4, 0.5) is 0 Å². The fraction of sp³-hybridized carbons (Fsp3) is 0.227. The van der Waals surface area contributed by atoms with Gasteiger partial charge in [0.05, 0.1) is 6.20 Å². The summed E-state index contributed by atoms with van der Waals surface area (Å²) in [5, 5.41) is 11.7. The highest BCUT2D eigenvalue weighted by atomic mass is 16.5. The topological polar surface area (TPSA) is 68.8 Å². The SMILES string of the molecule is Cc1nc(-c2ccc(-c3ccc(CNCc4cnn(C)c4C)cc3)cc2)no1. The number of rotatable bonds is 6. The lowest BCUT2D eigenvalue weighted by Crippen LogP contribution is -2.13. The Morgan fingerprint density at radius 1 is 0.893 bits per heavy atom. The molecule has 0 aliphatic carbocycles. The van der Waals surface area contributed by atoms with Crippen LogP contribution in [0.1, 0.15) is 22.7 Å². The minimum atomic E-state index is 0.571. The molecule has 2 heterocycles. The van der Waals surface area contributed by atoms with Crippen molar-refractivity contribution in [3.05, 3.63) is 77.4 Å². The maximum Gasteiger partial charge on any atom is 0.223 e. The van der Waals surface area contributed by atoms with E-state index in [2.05, 4.69) is 63.9 Å². The highest BCUT2D eigenvalue weighted by Gasteiger charge is 2.06. The van der Waals surface area contributed by atoms with Gasteiger partial charge in [-0.2, -0.15) is 10.1 Å². The molecule has 0 unspecified atom stereocenters. The van der Waals surface area contributed by atoms with Crippen molar-refractivity contribution in [2.24, 2.45) is 7.05 Å².